The first-order valence-electron chi connectivity index (χ1n) is 7.25. The summed E-state index contributed by atoms with van der Waals surface area (Å²) in [5.74, 6) is 1.55. The first kappa shape index (κ1) is 14.9. The lowest BCUT2D eigenvalue weighted by Crippen LogP contribution is -2.32. The zero-order valence-electron chi connectivity index (χ0n) is 12.1. The fourth-order valence-corrected chi connectivity index (χ4v) is 2.35. The summed E-state index contributed by atoms with van der Waals surface area (Å²) >= 11 is 0. The monoisotopic (exact) mass is 277 g/mol. The molecular formula is C16H23NO3. The lowest BCUT2D eigenvalue weighted by atomic mass is 10.0. The zero-order chi connectivity index (χ0) is 14.2. The fourth-order valence-electron chi connectivity index (χ4n) is 2.35. The van der Waals surface area contributed by atoms with Crippen LogP contribution in [0.1, 0.15) is 24.8 Å². The summed E-state index contributed by atoms with van der Waals surface area (Å²) in [6, 6.07) is 7.86. The molecule has 0 unspecified atom stereocenters. The number of hydrogen-bond donors (Lipinski definition) is 1. The van der Waals surface area contributed by atoms with Crippen LogP contribution in [0.3, 0.4) is 0 Å². The molecule has 1 aliphatic heterocycles. The van der Waals surface area contributed by atoms with Gasteiger partial charge in [-0.15, -0.1) is 0 Å². The summed E-state index contributed by atoms with van der Waals surface area (Å²) in [5.41, 5.74) is 1.16. The van der Waals surface area contributed by atoms with Crippen LogP contribution in [0.5, 0.6) is 5.75 Å². The van der Waals surface area contributed by atoms with E-state index in [-0.39, 0.29) is 5.91 Å². The van der Waals surface area contributed by atoms with Crippen molar-refractivity contribution in [2.75, 3.05) is 26.9 Å². The predicted octanol–water partition coefficient (Wildman–Crippen LogP) is 2.17. The van der Waals surface area contributed by atoms with Gasteiger partial charge >= 0.3 is 0 Å². The SMILES string of the molecule is COc1ccc(CCC(=O)NCC2CCOCC2)cc1. The molecule has 1 amide bonds. The number of carbonyl (C=O) groups is 1. The van der Waals surface area contributed by atoms with Gasteiger partial charge in [0.05, 0.1) is 7.11 Å². The van der Waals surface area contributed by atoms with Gasteiger partial charge in [0, 0.05) is 26.2 Å². The van der Waals surface area contributed by atoms with Gasteiger partial charge in [0.15, 0.2) is 0 Å². The number of ether oxygens (including phenoxy) is 2. The van der Waals surface area contributed by atoms with E-state index in [0.29, 0.717) is 12.3 Å². The van der Waals surface area contributed by atoms with E-state index < -0.39 is 0 Å². The topological polar surface area (TPSA) is 47.6 Å². The van der Waals surface area contributed by atoms with E-state index in [1.165, 1.54) is 0 Å². The van der Waals surface area contributed by atoms with Crippen LogP contribution in [0.4, 0.5) is 0 Å². The second kappa shape index (κ2) is 7.90. The Morgan fingerprint density at radius 1 is 1.30 bits per heavy atom. The van der Waals surface area contributed by atoms with E-state index in [1.807, 2.05) is 24.3 Å². The molecule has 1 saturated heterocycles. The van der Waals surface area contributed by atoms with Crippen LogP contribution in [0.2, 0.25) is 0 Å². The number of hydrogen-bond acceptors (Lipinski definition) is 3. The van der Waals surface area contributed by atoms with Crippen molar-refractivity contribution in [1.29, 1.82) is 0 Å². The van der Waals surface area contributed by atoms with Crippen LogP contribution < -0.4 is 10.1 Å². The molecule has 0 aromatic heterocycles. The van der Waals surface area contributed by atoms with Crippen molar-refractivity contribution in [1.82, 2.24) is 5.32 Å². The van der Waals surface area contributed by atoms with Gasteiger partial charge < -0.3 is 14.8 Å². The highest BCUT2D eigenvalue weighted by atomic mass is 16.5. The molecule has 2 rings (SSSR count). The Hall–Kier alpha value is -1.55. The van der Waals surface area contributed by atoms with E-state index in [1.54, 1.807) is 7.11 Å². The summed E-state index contributed by atoms with van der Waals surface area (Å²) in [5, 5.41) is 3.03. The number of benzene rings is 1. The lowest BCUT2D eigenvalue weighted by molar-refractivity contribution is -0.121. The molecule has 0 bridgehead atoms. The number of amides is 1. The van der Waals surface area contributed by atoms with Crippen LogP contribution in [0.25, 0.3) is 0 Å². The van der Waals surface area contributed by atoms with Crippen LogP contribution >= 0.6 is 0 Å². The number of aryl methyl sites for hydroxylation is 1. The molecule has 0 spiro atoms. The Morgan fingerprint density at radius 2 is 2.00 bits per heavy atom. The molecule has 0 aliphatic carbocycles. The maximum absolute atomic E-state index is 11.8. The molecule has 0 saturated carbocycles. The maximum atomic E-state index is 11.8. The van der Waals surface area contributed by atoms with E-state index in [9.17, 15) is 4.79 Å². The molecule has 1 aliphatic rings. The van der Waals surface area contributed by atoms with E-state index >= 15 is 0 Å². The summed E-state index contributed by atoms with van der Waals surface area (Å²) in [6.45, 7) is 2.43. The van der Waals surface area contributed by atoms with Gasteiger partial charge in [-0.05, 0) is 42.9 Å². The molecule has 20 heavy (non-hydrogen) atoms. The minimum atomic E-state index is 0.132. The molecular weight excluding hydrogens is 254 g/mol. The first-order valence-corrected chi connectivity index (χ1v) is 7.25. The Bertz CT molecular complexity index is 410. The van der Waals surface area contributed by atoms with Gasteiger partial charge in [0.25, 0.3) is 0 Å². The van der Waals surface area contributed by atoms with Crippen LogP contribution in [0, 0.1) is 5.92 Å². The third-order valence-electron chi connectivity index (χ3n) is 3.73. The number of rotatable bonds is 6. The molecule has 110 valence electrons. The highest BCUT2D eigenvalue weighted by molar-refractivity contribution is 5.76. The summed E-state index contributed by atoms with van der Waals surface area (Å²) in [6.07, 6.45) is 3.41. The van der Waals surface area contributed by atoms with Crippen molar-refractivity contribution in [2.24, 2.45) is 5.92 Å². The standard InChI is InChI=1S/C16H23NO3/c1-19-15-5-2-13(3-6-15)4-7-16(18)17-12-14-8-10-20-11-9-14/h2-3,5-6,14H,4,7-12H2,1H3,(H,17,18). The van der Waals surface area contributed by atoms with Gasteiger partial charge in [0.2, 0.25) is 5.91 Å². The fraction of sp³-hybridized carbons (Fsp3) is 0.562. The molecule has 1 aromatic rings. The second-order valence-electron chi connectivity index (χ2n) is 5.21. The summed E-state index contributed by atoms with van der Waals surface area (Å²) in [4.78, 5) is 11.8. The molecule has 1 N–H and O–H groups in total. The van der Waals surface area contributed by atoms with Crippen LogP contribution in [-0.2, 0) is 16.0 Å². The lowest BCUT2D eigenvalue weighted by Gasteiger charge is -2.22. The minimum absolute atomic E-state index is 0.132. The molecule has 4 nitrogen and oxygen atoms in total. The zero-order valence-corrected chi connectivity index (χ0v) is 12.1. The van der Waals surface area contributed by atoms with Crippen molar-refractivity contribution in [3.63, 3.8) is 0 Å². The van der Waals surface area contributed by atoms with Gasteiger partial charge in [-0.3, -0.25) is 4.79 Å². The van der Waals surface area contributed by atoms with Crippen molar-refractivity contribution in [3.8, 4) is 5.75 Å². The Balaban J connectivity index is 1.66. The number of nitrogens with one attached hydrogen (secondary N) is 1. The van der Waals surface area contributed by atoms with Crippen molar-refractivity contribution in [2.45, 2.75) is 25.7 Å². The molecule has 4 heteroatoms. The smallest absolute Gasteiger partial charge is 0.220 e. The normalized spacial score (nSPS) is 15.8. The van der Waals surface area contributed by atoms with Crippen molar-refractivity contribution < 1.29 is 14.3 Å². The number of carbonyl (C=O) groups excluding carboxylic acids is 1. The average molecular weight is 277 g/mol. The Kier molecular flexibility index (Phi) is 5.87. The van der Waals surface area contributed by atoms with Crippen molar-refractivity contribution >= 4 is 5.91 Å². The second-order valence-corrected chi connectivity index (χ2v) is 5.21. The van der Waals surface area contributed by atoms with Crippen LogP contribution in [0.15, 0.2) is 24.3 Å². The quantitative estimate of drug-likeness (QED) is 0.867. The average Bonchev–Trinajstić information content (AvgIpc) is 2.52. The summed E-state index contributed by atoms with van der Waals surface area (Å²) in [7, 11) is 1.65. The Labute approximate surface area is 120 Å². The summed E-state index contributed by atoms with van der Waals surface area (Å²) < 4.78 is 10.4. The van der Waals surface area contributed by atoms with Gasteiger partial charge in [-0.2, -0.15) is 0 Å². The molecule has 1 heterocycles. The third kappa shape index (κ3) is 4.85. The predicted molar refractivity (Wildman–Crippen MR) is 77.9 cm³/mol. The van der Waals surface area contributed by atoms with Crippen LogP contribution in [-0.4, -0.2) is 32.8 Å². The highest BCUT2D eigenvalue weighted by Crippen LogP contribution is 2.14. The third-order valence-corrected chi connectivity index (χ3v) is 3.73. The first-order chi connectivity index (χ1) is 9.78. The van der Waals surface area contributed by atoms with Gasteiger partial charge in [-0.25, -0.2) is 0 Å². The van der Waals surface area contributed by atoms with E-state index in [0.717, 1.165) is 50.3 Å². The maximum Gasteiger partial charge on any atom is 0.220 e. The highest BCUT2D eigenvalue weighted by Gasteiger charge is 2.14. The largest absolute Gasteiger partial charge is 0.497 e. The molecule has 0 atom stereocenters. The van der Waals surface area contributed by atoms with E-state index in [4.69, 9.17) is 9.47 Å². The molecule has 1 fully saturated rings. The minimum Gasteiger partial charge on any atom is -0.497 e. The van der Waals surface area contributed by atoms with Crippen molar-refractivity contribution in [3.05, 3.63) is 29.8 Å². The molecule has 0 radical (unpaired) electrons. The Morgan fingerprint density at radius 3 is 2.65 bits per heavy atom. The van der Waals surface area contributed by atoms with Gasteiger partial charge in [-0.1, -0.05) is 12.1 Å². The molecule has 1 aromatic carbocycles. The van der Waals surface area contributed by atoms with Gasteiger partial charge in [0.1, 0.15) is 5.75 Å². The number of methoxy groups -OCH3 is 1. The van der Waals surface area contributed by atoms with E-state index in [2.05, 4.69) is 5.32 Å².